The van der Waals surface area contributed by atoms with Crippen molar-refractivity contribution in [1.29, 1.82) is 0 Å². The molecule has 1 aliphatic carbocycles. The molecule has 0 radical (unpaired) electrons. The van der Waals surface area contributed by atoms with Crippen molar-refractivity contribution in [2.45, 2.75) is 47.0 Å². The van der Waals surface area contributed by atoms with Crippen LogP contribution in [-0.2, 0) is 35.2 Å². The predicted molar refractivity (Wildman–Crippen MR) is 184 cm³/mol. The van der Waals surface area contributed by atoms with E-state index in [0.717, 1.165) is 45.0 Å². The van der Waals surface area contributed by atoms with E-state index in [9.17, 15) is 19.2 Å². The van der Waals surface area contributed by atoms with Crippen molar-refractivity contribution in [3.8, 4) is 5.69 Å². The first-order valence-corrected chi connectivity index (χ1v) is 16.5. The molecule has 10 nitrogen and oxygen atoms in total. The van der Waals surface area contributed by atoms with Gasteiger partial charge in [0.1, 0.15) is 0 Å². The summed E-state index contributed by atoms with van der Waals surface area (Å²) in [4.78, 5) is 59.2. The Morgan fingerprint density at radius 3 is 2.29 bits per heavy atom. The van der Waals surface area contributed by atoms with Gasteiger partial charge >= 0.3 is 17.9 Å². The fourth-order valence-corrected chi connectivity index (χ4v) is 6.73. The molecule has 3 aromatic carbocycles. The lowest BCUT2D eigenvalue weighted by Crippen LogP contribution is -2.10. The molecule has 1 atom stereocenters. The third-order valence-electron chi connectivity index (χ3n) is 8.15. The molecule has 0 amide bonds. The molecule has 0 bridgehead atoms. The van der Waals surface area contributed by atoms with Crippen molar-refractivity contribution in [2.75, 3.05) is 6.61 Å². The Hall–Kier alpha value is -5.42. The van der Waals surface area contributed by atoms with Gasteiger partial charge in [-0.15, -0.1) is 11.3 Å². The summed E-state index contributed by atoms with van der Waals surface area (Å²) >= 11 is 1.40. The maximum atomic E-state index is 13.4. The lowest BCUT2D eigenvalue weighted by atomic mass is 10.0. The van der Waals surface area contributed by atoms with Gasteiger partial charge in [0.2, 0.25) is 5.78 Å². The summed E-state index contributed by atoms with van der Waals surface area (Å²) in [5, 5.41) is 11.9. The quantitative estimate of drug-likeness (QED) is 0.0511. The second-order valence-corrected chi connectivity index (χ2v) is 12.5. The molecule has 1 unspecified atom stereocenters. The molecule has 0 fully saturated rings. The molecule has 0 saturated heterocycles. The summed E-state index contributed by atoms with van der Waals surface area (Å²) in [5.41, 5.74) is 7.09. The summed E-state index contributed by atoms with van der Waals surface area (Å²) in [6.07, 6.45) is 1.04. The molecule has 1 aliphatic rings. The van der Waals surface area contributed by atoms with E-state index in [1.54, 1.807) is 6.92 Å². The third-order valence-corrected chi connectivity index (χ3v) is 9.02. The van der Waals surface area contributed by atoms with Gasteiger partial charge in [-0.2, -0.15) is 0 Å². The summed E-state index contributed by atoms with van der Waals surface area (Å²) in [6.45, 7) is 6.65. The van der Waals surface area contributed by atoms with Gasteiger partial charge in [0, 0.05) is 53.8 Å². The summed E-state index contributed by atoms with van der Waals surface area (Å²) in [5.74, 6) is -1.42. The number of aromatic nitrogens is 1. The van der Waals surface area contributed by atoms with Crippen LogP contribution in [0.25, 0.3) is 27.5 Å². The van der Waals surface area contributed by atoms with Crippen molar-refractivity contribution in [3.63, 3.8) is 0 Å². The predicted octanol–water partition coefficient (Wildman–Crippen LogP) is 7.15. The number of hydrogen-bond acceptors (Lipinski definition) is 10. The smallest absolute Gasteiger partial charge is 0.331 e. The number of esters is 1. The van der Waals surface area contributed by atoms with Crippen molar-refractivity contribution < 1.29 is 33.6 Å². The second-order valence-electron chi connectivity index (χ2n) is 11.5. The van der Waals surface area contributed by atoms with Gasteiger partial charge in [0.25, 0.3) is 0 Å². The van der Waals surface area contributed by atoms with E-state index < -0.39 is 11.9 Å². The lowest BCUT2D eigenvalue weighted by Gasteiger charge is -2.11. The zero-order chi connectivity index (χ0) is 33.9. The van der Waals surface area contributed by atoms with Gasteiger partial charge in [-0.1, -0.05) is 35.4 Å². The molecule has 244 valence electrons. The van der Waals surface area contributed by atoms with E-state index in [1.165, 1.54) is 25.2 Å². The first-order valence-electron chi connectivity index (χ1n) is 15.6. The maximum absolute atomic E-state index is 13.4. The topological polar surface area (TPSA) is 126 Å². The largest absolute Gasteiger partial charge is 0.466 e. The zero-order valence-corrected chi connectivity index (χ0v) is 27.8. The number of ketones is 1. The molecule has 0 saturated carbocycles. The number of rotatable bonds is 10. The van der Waals surface area contributed by atoms with Crippen LogP contribution in [-0.4, -0.2) is 46.3 Å². The van der Waals surface area contributed by atoms with Crippen LogP contribution in [0.2, 0.25) is 0 Å². The van der Waals surface area contributed by atoms with Crippen LogP contribution < -0.4 is 0 Å². The molecule has 11 heteroatoms. The van der Waals surface area contributed by atoms with Crippen LogP contribution >= 0.6 is 11.3 Å². The highest BCUT2D eigenvalue weighted by molar-refractivity contribution is 7.12. The van der Waals surface area contributed by atoms with E-state index >= 15 is 0 Å². The average Bonchev–Trinajstić information content (AvgIpc) is 3.78. The number of hydrogen-bond donors (Lipinski definition) is 0. The first kappa shape index (κ1) is 32.5. The van der Waals surface area contributed by atoms with Crippen LogP contribution in [0.15, 0.2) is 82.4 Å². The fourth-order valence-electron chi connectivity index (χ4n) is 6.05. The number of carbonyl (C=O) groups is 4. The van der Waals surface area contributed by atoms with Crippen LogP contribution in [0.3, 0.4) is 0 Å². The average molecular weight is 664 g/mol. The number of oxime groups is 2. The molecule has 0 N–H and O–H groups in total. The van der Waals surface area contributed by atoms with Crippen molar-refractivity contribution in [2.24, 2.45) is 16.2 Å². The molecule has 2 aromatic heterocycles. The van der Waals surface area contributed by atoms with Gasteiger partial charge in [-0.05, 0) is 78.4 Å². The Morgan fingerprint density at radius 2 is 1.60 bits per heavy atom. The van der Waals surface area contributed by atoms with Gasteiger partial charge < -0.3 is 19.0 Å². The summed E-state index contributed by atoms with van der Waals surface area (Å²) < 4.78 is 7.20. The SMILES string of the molecule is CCOC(=O)CCC(=NOC(C)=O)c1ccc(-n2c3ccc(C(=O)c4cccs4)cc3c3cc4c(cc32)CC(C)C4=NOC(C)=O)cc1. The third kappa shape index (κ3) is 6.54. The highest BCUT2D eigenvalue weighted by Gasteiger charge is 2.29. The number of ether oxygens (including phenoxy) is 1. The Kier molecular flexibility index (Phi) is 9.31. The number of nitrogens with zero attached hydrogens (tertiary/aromatic N) is 3. The van der Waals surface area contributed by atoms with Gasteiger partial charge in [-0.25, -0.2) is 9.59 Å². The number of carbonyl (C=O) groups excluding carboxylic acids is 4. The molecule has 0 aliphatic heterocycles. The van der Waals surface area contributed by atoms with Gasteiger partial charge in [0.05, 0.1) is 40.4 Å². The highest BCUT2D eigenvalue weighted by atomic mass is 32.1. The molecule has 2 heterocycles. The molecule has 6 rings (SSSR count). The number of thiophene rings is 1. The fraction of sp³-hybridized carbons (Fsp3) is 0.243. The zero-order valence-electron chi connectivity index (χ0n) is 26.9. The maximum Gasteiger partial charge on any atom is 0.331 e. The Morgan fingerprint density at radius 1 is 0.875 bits per heavy atom. The molecular weight excluding hydrogens is 630 g/mol. The van der Waals surface area contributed by atoms with E-state index in [1.807, 2.05) is 66.9 Å². The van der Waals surface area contributed by atoms with Crippen LogP contribution in [0.4, 0.5) is 0 Å². The summed E-state index contributed by atoms with van der Waals surface area (Å²) in [6, 6.07) is 21.2. The Bertz CT molecular complexity index is 2130. The molecule has 48 heavy (non-hydrogen) atoms. The minimum Gasteiger partial charge on any atom is -0.466 e. The monoisotopic (exact) mass is 663 g/mol. The molecular formula is C37H33N3O7S. The number of benzene rings is 3. The minimum absolute atomic E-state index is 0.0466. The van der Waals surface area contributed by atoms with E-state index in [-0.39, 0.29) is 37.1 Å². The van der Waals surface area contributed by atoms with E-state index in [0.29, 0.717) is 27.4 Å². The van der Waals surface area contributed by atoms with Gasteiger partial charge in [0.15, 0.2) is 0 Å². The van der Waals surface area contributed by atoms with Crippen molar-refractivity contribution >= 4 is 68.3 Å². The highest BCUT2D eigenvalue weighted by Crippen LogP contribution is 2.38. The Balaban J connectivity index is 1.48. The van der Waals surface area contributed by atoms with E-state index in [2.05, 4.69) is 27.0 Å². The number of fused-ring (bicyclic) bond motifs is 4. The lowest BCUT2D eigenvalue weighted by molar-refractivity contribution is -0.143. The van der Waals surface area contributed by atoms with Crippen molar-refractivity contribution in [3.05, 3.63) is 99.2 Å². The molecule has 0 spiro atoms. The van der Waals surface area contributed by atoms with Crippen LogP contribution in [0.5, 0.6) is 0 Å². The minimum atomic E-state index is -0.564. The van der Waals surface area contributed by atoms with Gasteiger partial charge in [-0.3, -0.25) is 9.59 Å². The Labute approximate surface area is 280 Å². The standard InChI is InChI=1S/C37H33N3O7S/c1-5-45-35(43)15-13-31(38-46-22(3)41)24-8-11-27(12-9-24)40-32-14-10-25(37(44)34-7-6-16-48-34)18-29(32)30-20-28-26(19-33(30)40)17-21(2)36(28)39-47-23(4)42/h6-12,14,16,18-21H,5,13,15,17H2,1-4H3. The van der Waals surface area contributed by atoms with Crippen LogP contribution in [0.1, 0.15) is 72.5 Å². The van der Waals surface area contributed by atoms with E-state index in [4.69, 9.17) is 14.4 Å². The molecule has 5 aromatic rings. The van der Waals surface area contributed by atoms with Crippen LogP contribution in [0, 0.1) is 5.92 Å². The first-order chi connectivity index (χ1) is 23.1. The normalized spacial score (nSPS) is 15.1. The summed E-state index contributed by atoms with van der Waals surface area (Å²) in [7, 11) is 0. The second kappa shape index (κ2) is 13.7. The van der Waals surface area contributed by atoms with Crippen molar-refractivity contribution in [1.82, 2.24) is 4.57 Å².